The maximum Gasteiger partial charge on any atom is 0.332 e. The second-order valence-corrected chi connectivity index (χ2v) is 8.41. The smallest absolute Gasteiger partial charge is 0.332 e. The number of esters is 1. The number of ether oxygens (including phenoxy) is 1. The zero-order valence-electron chi connectivity index (χ0n) is 18.5. The van der Waals surface area contributed by atoms with Crippen molar-refractivity contribution in [1.29, 1.82) is 0 Å². The molecule has 0 radical (unpaired) electrons. The molecule has 0 aromatic carbocycles. The minimum atomic E-state index is -0.589. The maximum atomic E-state index is 13.1. The van der Waals surface area contributed by atoms with Crippen molar-refractivity contribution in [2.45, 2.75) is 72.4 Å². The lowest BCUT2D eigenvalue weighted by Crippen LogP contribution is -2.43. The highest BCUT2D eigenvalue weighted by Gasteiger charge is 2.50. The zero-order chi connectivity index (χ0) is 22.8. The topological polar surface area (TPSA) is 125 Å². The van der Waals surface area contributed by atoms with Crippen molar-refractivity contribution in [3.8, 4) is 0 Å². The number of hydrogen-bond donors (Lipinski definition) is 2. The molecule has 31 heavy (non-hydrogen) atoms. The van der Waals surface area contributed by atoms with Crippen molar-refractivity contribution in [3.05, 3.63) is 32.5 Å². The SMILES string of the molecule is CCCn1c(N)c(NC(=O)C2=CCC3(C(=O)OCC)CCC2C3)c(=O)n(CCC)c1=O. The lowest BCUT2D eigenvalue weighted by molar-refractivity contribution is -0.155. The van der Waals surface area contributed by atoms with Crippen LogP contribution in [0.15, 0.2) is 21.2 Å². The predicted octanol–water partition coefficient (Wildman–Crippen LogP) is 2.03. The molecule has 2 bridgehead atoms. The predicted molar refractivity (Wildman–Crippen MR) is 118 cm³/mol. The summed E-state index contributed by atoms with van der Waals surface area (Å²) in [6.07, 6.45) is 5.44. The number of hydrogen-bond acceptors (Lipinski definition) is 6. The highest BCUT2D eigenvalue weighted by atomic mass is 16.5. The van der Waals surface area contributed by atoms with Crippen LogP contribution >= 0.6 is 0 Å². The first-order valence-corrected chi connectivity index (χ1v) is 11.1. The summed E-state index contributed by atoms with van der Waals surface area (Å²) in [7, 11) is 0. The largest absolute Gasteiger partial charge is 0.466 e. The first kappa shape index (κ1) is 22.8. The monoisotopic (exact) mass is 432 g/mol. The molecular weight excluding hydrogens is 400 g/mol. The van der Waals surface area contributed by atoms with Crippen LogP contribution in [0.5, 0.6) is 0 Å². The first-order chi connectivity index (χ1) is 14.8. The molecule has 1 saturated carbocycles. The van der Waals surface area contributed by atoms with Crippen LogP contribution in [-0.4, -0.2) is 27.6 Å². The van der Waals surface area contributed by atoms with Gasteiger partial charge in [0.15, 0.2) is 0 Å². The Hall–Kier alpha value is -2.84. The number of nitrogens with two attached hydrogens (primary N) is 1. The van der Waals surface area contributed by atoms with E-state index in [0.29, 0.717) is 57.2 Å². The summed E-state index contributed by atoms with van der Waals surface area (Å²) in [5.74, 6) is -0.704. The molecule has 1 fully saturated rings. The Labute approximate surface area is 181 Å². The normalized spacial score (nSPS) is 22.2. The molecule has 0 saturated heterocycles. The Kier molecular flexibility index (Phi) is 6.71. The van der Waals surface area contributed by atoms with Crippen molar-refractivity contribution in [2.75, 3.05) is 17.7 Å². The summed E-state index contributed by atoms with van der Waals surface area (Å²) < 4.78 is 7.71. The van der Waals surface area contributed by atoms with Gasteiger partial charge in [-0.25, -0.2) is 4.79 Å². The number of nitrogen functional groups attached to an aromatic ring is 1. The van der Waals surface area contributed by atoms with Crippen molar-refractivity contribution in [1.82, 2.24) is 9.13 Å². The van der Waals surface area contributed by atoms with E-state index in [1.54, 1.807) is 13.0 Å². The number of carbonyl (C=O) groups excluding carboxylic acids is 2. The number of carbonyl (C=O) groups is 2. The molecule has 2 aliphatic rings. The van der Waals surface area contributed by atoms with Gasteiger partial charge in [-0.2, -0.15) is 0 Å². The van der Waals surface area contributed by atoms with Crippen LogP contribution < -0.4 is 22.3 Å². The molecule has 3 N–H and O–H groups in total. The molecule has 9 heteroatoms. The third-order valence-corrected chi connectivity index (χ3v) is 6.33. The van der Waals surface area contributed by atoms with Gasteiger partial charge in [-0.05, 0) is 51.4 Å². The van der Waals surface area contributed by atoms with Crippen LogP contribution in [0.2, 0.25) is 0 Å². The van der Waals surface area contributed by atoms with Gasteiger partial charge in [0.25, 0.3) is 11.5 Å². The van der Waals surface area contributed by atoms with Gasteiger partial charge in [0.1, 0.15) is 11.5 Å². The van der Waals surface area contributed by atoms with E-state index in [1.165, 1.54) is 4.57 Å². The van der Waals surface area contributed by atoms with Crippen molar-refractivity contribution >= 4 is 23.4 Å². The molecule has 1 heterocycles. The summed E-state index contributed by atoms with van der Waals surface area (Å²) in [5.41, 5.74) is 5.04. The Morgan fingerprint density at radius 1 is 1.19 bits per heavy atom. The average Bonchev–Trinajstić information content (AvgIpc) is 3.09. The number of anilines is 2. The van der Waals surface area contributed by atoms with E-state index in [4.69, 9.17) is 10.5 Å². The molecule has 0 spiro atoms. The van der Waals surface area contributed by atoms with Crippen LogP contribution in [0.1, 0.15) is 59.3 Å². The van der Waals surface area contributed by atoms with Crippen LogP contribution in [0.4, 0.5) is 11.5 Å². The molecule has 9 nitrogen and oxygen atoms in total. The van der Waals surface area contributed by atoms with E-state index < -0.39 is 22.6 Å². The molecular formula is C22H32N4O5. The lowest BCUT2D eigenvalue weighted by atomic mass is 9.76. The summed E-state index contributed by atoms with van der Waals surface area (Å²) in [5, 5.41) is 2.68. The molecule has 1 amide bonds. The number of nitrogens with one attached hydrogen (secondary N) is 1. The van der Waals surface area contributed by atoms with Crippen LogP contribution in [0.25, 0.3) is 0 Å². The van der Waals surface area contributed by atoms with E-state index >= 15 is 0 Å². The minimum absolute atomic E-state index is 0.0266. The Morgan fingerprint density at radius 3 is 2.52 bits per heavy atom. The summed E-state index contributed by atoms with van der Waals surface area (Å²) >= 11 is 0. The molecule has 1 aromatic heterocycles. The van der Waals surface area contributed by atoms with Gasteiger partial charge in [0.2, 0.25) is 0 Å². The fourth-order valence-corrected chi connectivity index (χ4v) is 4.76. The van der Waals surface area contributed by atoms with Gasteiger partial charge in [-0.15, -0.1) is 0 Å². The van der Waals surface area contributed by atoms with E-state index in [2.05, 4.69) is 5.32 Å². The molecule has 2 unspecified atom stereocenters. The van der Waals surface area contributed by atoms with Gasteiger partial charge in [-0.3, -0.25) is 23.5 Å². The third kappa shape index (κ3) is 4.05. The average molecular weight is 433 g/mol. The summed E-state index contributed by atoms with van der Waals surface area (Å²) in [6, 6.07) is 0. The van der Waals surface area contributed by atoms with Gasteiger partial charge < -0.3 is 15.8 Å². The van der Waals surface area contributed by atoms with Crippen molar-refractivity contribution < 1.29 is 14.3 Å². The molecule has 0 aliphatic heterocycles. The molecule has 1 aromatic rings. The standard InChI is InChI=1S/C22H32N4O5/c1-4-11-25-17(23)16(19(28)26(12-5-2)21(25)30)24-18(27)15-8-10-22(20(29)31-6-3)9-7-14(15)13-22/h8,14H,4-7,9-13,23H2,1-3H3,(H,24,27). The quantitative estimate of drug-likeness (QED) is 0.606. The second kappa shape index (κ2) is 9.11. The van der Waals surface area contributed by atoms with Gasteiger partial charge >= 0.3 is 11.7 Å². The van der Waals surface area contributed by atoms with Gasteiger partial charge in [0.05, 0.1) is 12.0 Å². The fourth-order valence-electron chi connectivity index (χ4n) is 4.76. The Morgan fingerprint density at radius 2 is 1.87 bits per heavy atom. The highest BCUT2D eigenvalue weighted by molar-refractivity contribution is 6.05. The van der Waals surface area contributed by atoms with E-state index in [9.17, 15) is 19.2 Å². The van der Waals surface area contributed by atoms with Crippen LogP contribution in [0, 0.1) is 11.3 Å². The van der Waals surface area contributed by atoms with Gasteiger partial charge in [0, 0.05) is 18.7 Å². The zero-order valence-corrected chi connectivity index (χ0v) is 18.5. The van der Waals surface area contributed by atoms with Crippen molar-refractivity contribution in [2.24, 2.45) is 11.3 Å². The third-order valence-electron chi connectivity index (χ3n) is 6.33. The van der Waals surface area contributed by atoms with Crippen LogP contribution in [0.3, 0.4) is 0 Å². The molecule has 2 atom stereocenters. The summed E-state index contributed by atoms with van der Waals surface area (Å²) in [4.78, 5) is 51.1. The Balaban J connectivity index is 1.92. The van der Waals surface area contributed by atoms with E-state index in [-0.39, 0.29) is 29.9 Å². The fraction of sp³-hybridized carbons (Fsp3) is 0.636. The number of allylic oxidation sites excluding steroid dienone is 1. The van der Waals surface area contributed by atoms with Crippen molar-refractivity contribution in [3.63, 3.8) is 0 Å². The molecule has 170 valence electrons. The number of rotatable bonds is 8. The van der Waals surface area contributed by atoms with E-state index in [0.717, 1.165) is 4.57 Å². The number of nitrogens with zero attached hydrogens (tertiary/aromatic N) is 2. The highest BCUT2D eigenvalue weighted by Crippen LogP contribution is 2.52. The second-order valence-electron chi connectivity index (χ2n) is 8.41. The lowest BCUT2D eigenvalue weighted by Gasteiger charge is -2.29. The van der Waals surface area contributed by atoms with Gasteiger partial charge in [-0.1, -0.05) is 19.9 Å². The minimum Gasteiger partial charge on any atom is -0.466 e. The molecule has 2 aliphatic carbocycles. The Bertz CT molecular complexity index is 1020. The first-order valence-electron chi connectivity index (χ1n) is 11.1. The maximum absolute atomic E-state index is 13.1. The molecule has 3 rings (SSSR count). The number of amides is 1. The summed E-state index contributed by atoms with van der Waals surface area (Å²) in [6.45, 7) is 6.49. The van der Waals surface area contributed by atoms with E-state index in [1.807, 2.05) is 13.8 Å². The number of aromatic nitrogens is 2. The number of fused-ring (bicyclic) bond motifs is 2. The van der Waals surface area contributed by atoms with Crippen LogP contribution in [-0.2, 0) is 27.4 Å².